The summed E-state index contributed by atoms with van der Waals surface area (Å²) in [5.41, 5.74) is 0. The third-order valence-electron chi connectivity index (χ3n) is 1.92. The Bertz CT molecular complexity index is 155. The molecule has 0 radical (unpaired) electrons. The zero-order valence-corrected chi connectivity index (χ0v) is 7.05. The number of hydrogen-bond donors (Lipinski definition) is 0. The van der Waals surface area contributed by atoms with Gasteiger partial charge in [0.05, 0.1) is 0 Å². The molecule has 1 aliphatic rings. The van der Waals surface area contributed by atoms with E-state index < -0.39 is 0 Å². The first-order valence-corrected chi connectivity index (χ1v) is 4.27. The van der Waals surface area contributed by atoms with E-state index in [1.54, 1.807) is 0 Å². The van der Waals surface area contributed by atoms with Crippen LogP contribution in [0.25, 0.3) is 0 Å². The Morgan fingerprint density at radius 2 is 2.09 bits per heavy atom. The average Bonchev–Trinajstić information content (AvgIpc) is 2.52. The Balaban J connectivity index is 2.19. The largest absolute Gasteiger partial charge is 0.335 e. The van der Waals surface area contributed by atoms with E-state index in [1.807, 2.05) is 17.1 Å². The van der Waals surface area contributed by atoms with Crippen LogP contribution in [0.4, 0.5) is 0 Å². The average molecular weight is 153 g/mol. The van der Waals surface area contributed by atoms with Gasteiger partial charge in [0.2, 0.25) is 5.91 Å². The van der Waals surface area contributed by atoms with Crippen LogP contribution in [0.2, 0.25) is 0 Å². The number of unbranched alkanes of at least 4 members (excludes halogenated alkanes) is 1. The highest BCUT2D eigenvalue weighted by Gasteiger charge is 2.12. The fourth-order valence-corrected chi connectivity index (χ4v) is 1.17. The third kappa shape index (κ3) is 2.37. The van der Waals surface area contributed by atoms with Crippen molar-refractivity contribution in [2.24, 2.45) is 0 Å². The maximum absolute atomic E-state index is 11.3. The van der Waals surface area contributed by atoms with Gasteiger partial charge >= 0.3 is 0 Å². The van der Waals surface area contributed by atoms with Crippen LogP contribution in [0.1, 0.15) is 26.2 Å². The molecule has 0 aromatic carbocycles. The quantitative estimate of drug-likeness (QED) is 0.564. The molecule has 0 atom stereocenters. The van der Waals surface area contributed by atoms with Crippen LogP contribution in [0.3, 0.4) is 0 Å². The Morgan fingerprint density at radius 1 is 1.45 bits per heavy atom. The van der Waals surface area contributed by atoms with E-state index in [0.717, 1.165) is 32.4 Å². The summed E-state index contributed by atoms with van der Waals surface area (Å²) in [5.74, 6) is 0.303. The third-order valence-corrected chi connectivity index (χ3v) is 1.92. The predicted molar refractivity (Wildman–Crippen MR) is 45.2 cm³/mol. The lowest BCUT2D eigenvalue weighted by Gasteiger charge is -2.14. The maximum atomic E-state index is 11.3. The van der Waals surface area contributed by atoms with Crippen molar-refractivity contribution in [2.75, 3.05) is 13.1 Å². The molecule has 0 spiro atoms. The fraction of sp³-hybridized carbons (Fsp3) is 0.667. The number of nitrogens with zero attached hydrogens (tertiary/aromatic N) is 1. The molecule has 0 fully saturated rings. The van der Waals surface area contributed by atoms with Gasteiger partial charge in [-0.15, -0.1) is 0 Å². The van der Waals surface area contributed by atoms with Gasteiger partial charge < -0.3 is 4.90 Å². The molecule has 62 valence electrons. The van der Waals surface area contributed by atoms with Crippen LogP contribution in [-0.4, -0.2) is 23.9 Å². The molecular weight excluding hydrogens is 138 g/mol. The molecular formula is C9H15NO. The van der Waals surface area contributed by atoms with Gasteiger partial charge in [-0.1, -0.05) is 25.5 Å². The SMILES string of the molecule is CCCCC(=O)N1CC=CC1. The number of carbonyl (C=O) groups excluding carboxylic acids is 1. The van der Waals surface area contributed by atoms with Crippen LogP contribution >= 0.6 is 0 Å². The van der Waals surface area contributed by atoms with Gasteiger partial charge in [-0.25, -0.2) is 0 Å². The number of amides is 1. The monoisotopic (exact) mass is 153 g/mol. The van der Waals surface area contributed by atoms with Gasteiger partial charge in [0.25, 0.3) is 0 Å². The molecule has 0 bridgehead atoms. The highest BCUT2D eigenvalue weighted by Crippen LogP contribution is 2.04. The molecule has 0 N–H and O–H groups in total. The van der Waals surface area contributed by atoms with E-state index in [0.29, 0.717) is 5.91 Å². The van der Waals surface area contributed by atoms with E-state index in [1.165, 1.54) is 0 Å². The molecule has 1 aliphatic heterocycles. The smallest absolute Gasteiger partial charge is 0.223 e. The molecule has 2 heteroatoms. The van der Waals surface area contributed by atoms with Gasteiger partial charge in [0, 0.05) is 19.5 Å². The summed E-state index contributed by atoms with van der Waals surface area (Å²) in [6.45, 7) is 3.75. The van der Waals surface area contributed by atoms with Crippen LogP contribution in [0.15, 0.2) is 12.2 Å². The van der Waals surface area contributed by atoms with Crippen molar-refractivity contribution in [3.05, 3.63) is 12.2 Å². The van der Waals surface area contributed by atoms with Gasteiger partial charge in [0.1, 0.15) is 0 Å². The predicted octanol–water partition coefficient (Wildman–Crippen LogP) is 1.58. The molecule has 1 amide bonds. The standard InChI is InChI=1S/C9H15NO/c1-2-3-6-9(11)10-7-4-5-8-10/h4-5H,2-3,6-8H2,1H3. The highest BCUT2D eigenvalue weighted by molar-refractivity contribution is 5.76. The lowest BCUT2D eigenvalue weighted by molar-refractivity contribution is -0.129. The molecule has 0 saturated carbocycles. The molecule has 11 heavy (non-hydrogen) atoms. The first kappa shape index (κ1) is 8.31. The van der Waals surface area contributed by atoms with Crippen molar-refractivity contribution in [1.29, 1.82) is 0 Å². The van der Waals surface area contributed by atoms with Crippen LogP contribution in [0, 0.1) is 0 Å². The zero-order chi connectivity index (χ0) is 8.10. The molecule has 0 aliphatic carbocycles. The molecule has 0 saturated heterocycles. The number of hydrogen-bond acceptors (Lipinski definition) is 1. The van der Waals surface area contributed by atoms with Gasteiger partial charge in [-0.3, -0.25) is 4.79 Å². The Hall–Kier alpha value is -0.790. The summed E-state index contributed by atoms with van der Waals surface area (Å²) < 4.78 is 0. The van der Waals surface area contributed by atoms with Gasteiger partial charge in [-0.05, 0) is 6.42 Å². The second-order valence-electron chi connectivity index (χ2n) is 2.87. The summed E-state index contributed by atoms with van der Waals surface area (Å²) in [5, 5.41) is 0. The van der Waals surface area contributed by atoms with Gasteiger partial charge in [0.15, 0.2) is 0 Å². The van der Waals surface area contributed by atoms with E-state index in [9.17, 15) is 4.79 Å². The fourth-order valence-electron chi connectivity index (χ4n) is 1.17. The Morgan fingerprint density at radius 3 is 2.64 bits per heavy atom. The molecule has 0 unspecified atom stereocenters. The van der Waals surface area contributed by atoms with E-state index in [4.69, 9.17) is 0 Å². The second kappa shape index (κ2) is 4.16. The van der Waals surface area contributed by atoms with Crippen LogP contribution in [0.5, 0.6) is 0 Å². The second-order valence-corrected chi connectivity index (χ2v) is 2.87. The lowest BCUT2D eigenvalue weighted by Crippen LogP contribution is -2.27. The zero-order valence-electron chi connectivity index (χ0n) is 7.05. The molecule has 2 nitrogen and oxygen atoms in total. The van der Waals surface area contributed by atoms with Crippen LogP contribution in [-0.2, 0) is 4.79 Å². The minimum atomic E-state index is 0.303. The van der Waals surface area contributed by atoms with E-state index >= 15 is 0 Å². The van der Waals surface area contributed by atoms with Gasteiger partial charge in [-0.2, -0.15) is 0 Å². The summed E-state index contributed by atoms with van der Waals surface area (Å²) in [6, 6.07) is 0. The molecule has 0 aromatic heterocycles. The van der Waals surface area contributed by atoms with E-state index in [-0.39, 0.29) is 0 Å². The summed E-state index contributed by atoms with van der Waals surface area (Å²) in [6.07, 6.45) is 6.94. The van der Waals surface area contributed by atoms with Crippen molar-refractivity contribution in [1.82, 2.24) is 4.90 Å². The molecule has 1 heterocycles. The summed E-state index contributed by atoms with van der Waals surface area (Å²) >= 11 is 0. The van der Waals surface area contributed by atoms with Crippen molar-refractivity contribution in [2.45, 2.75) is 26.2 Å². The van der Waals surface area contributed by atoms with Crippen molar-refractivity contribution in [3.63, 3.8) is 0 Å². The Labute approximate surface area is 67.9 Å². The van der Waals surface area contributed by atoms with Crippen molar-refractivity contribution >= 4 is 5.91 Å². The number of rotatable bonds is 3. The maximum Gasteiger partial charge on any atom is 0.223 e. The lowest BCUT2D eigenvalue weighted by atomic mass is 10.2. The van der Waals surface area contributed by atoms with E-state index in [2.05, 4.69) is 6.92 Å². The minimum Gasteiger partial charge on any atom is -0.335 e. The highest BCUT2D eigenvalue weighted by atomic mass is 16.2. The summed E-state index contributed by atoms with van der Waals surface area (Å²) in [7, 11) is 0. The first-order valence-electron chi connectivity index (χ1n) is 4.27. The molecule has 0 aromatic rings. The Kier molecular flexibility index (Phi) is 3.14. The summed E-state index contributed by atoms with van der Waals surface area (Å²) in [4.78, 5) is 13.2. The van der Waals surface area contributed by atoms with Crippen LogP contribution < -0.4 is 0 Å². The topological polar surface area (TPSA) is 20.3 Å². The number of carbonyl (C=O) groups is 1. The first-order chi connectivity index (χ1) is 5.34. The van der Waals surface area contributed by atoms with Crippen molar-refractivity contribution < 1.29 is 4.79 Å². The molecule has 1 rings (SSSR count). The normalized spacial score (nSPS) is 15.9. The van der Waals surface area contributed by atoms with Crippen molar-refractivity contribution in [3.8, 4) is 0 Å². The minimum absolute atomic E-state index is 0.303.